The average Bonchev–Trinajstić information content (AvgIpc) is 3.04. The summed E-state index contributed by atoms with van der Waals surface area (Å²) in [5.74, 6) is 0.111. The molecule has 2 heterocycles. The molecule has 0 atom stereocenters. The summed E-state index contributed by atoms with van der Waals surface area (Å²) in [5, 5.41) is 3.95. The molecule has 2 aromatic heterocycles. The van der Waals surface area contributed by atoms with E-state index in [9.17, 15) is 9.59 Å². The molecule has 4 rings (SSSR count). The van der Waals surface area contributed by atoms with Crippen molar-refractivity contribution in [3.05, 3.63) is 50.6 Å². The topological polar surface area (TPSA) is 73.2 Å². The van der Waals surface area contributed by atoms with Crippen molar-refractivity contribution in [3.8, 4) is 0 Å². The Morgan fingerprint density at radius 2 is 1.96 bits per heavy atom. The minimum atomic E-state index is -0.382. The summed E-state index contributed by atoms with van der Waals surface area (Å²) in [6.45, 7) is 0. The average molecular weight is 369 g/mol. The van der Waals surface area contributed by atoms with Gasteiger partial charge in [0.2, 0.25) is 5.95 Å². The number of rotatable bonds is 3. The molecule has 1 aliphatic rings. The van der Waals surface area contributed by atoms with Gasteiger partial charge in [-0.05, 0) is 55.5 Å². The highest BCUT2D eigenvalue weighted by atomic mass is 32.1. The standard InChI is InChI=1S/C19H19N3O3S/c1-22-17(23)15-13-5-3-4-6-14(13)26-16(15)21-19(22)20-12-9-7-11(8-10-12)18(24)25-2/h7-10H,3-6H2,1-2H3,(H,20,21). The summed E-state index contributed by atoms with van der Waals surface area (Å²) in [4.78, 5) is 31.2. The fraction of sp³-hybridized carbons (Fsp3) is 0.316. The highest BCUT2D eigenvalue weighted by Crippen LogP contribution is 2.34. The maximum Gasteiger partial charge on any atom is 0.337 e. The van der Waals surface area contributed by atoms with Crippen molar-refractivity contribution < 1.29 is 9.53 Å². The van der Waals surface area contributed by atoms with Crippen LogP contribution in [0.15, 0.2) is 29.1 Å². The summed E-state index contributed by atoms with van der Waals surface area (Å²) in [7, 11) is 3.08. The van der Waals surface area contributed by atoms with Crippen LogP contribution in [0.3, 0.4) is 0 Å². The Labute approximate surface area is 154 Å². The molecule has 0 saturated heterocycles. The van der Waals surface area contributed by atoms with Crippen LogP contribution in [-0.4, -0.2) is 22.6 Å². The number of methoxy groups -OCH3 is 1. The van der Waals surface area contributed by atoms with Crippen molar-refractivity contribution in [1.82, 2.24) is 9.55 Å². The van der Waals surface area contributed by atoms with Gasteiger partial charge in [-0.3, -0.25) is 9.36 Å². The maximum atomic E-state index is 12.9. The normalized spacial score (nSPS) is 13.5. The third-order valence-electron chi connectivity index (χ3n) is 4.76. The van der Waals surface area contributed by atoms with E-state index < -0.39 is 0 Å². The first kappa shape index (κ1) is 16.8. The number of esters is 1. The number of nitrogens with zero attached hydrogens (tertiary/aromatic N) is 2. The first-order valence-corrected chi connectivity index (χ1v) is 9.37. The molecule has 6 nitrogen and oxygen atoms in total. The van der Waals surface area contributed by atoms with Crippen molar-refractivity contribution in [2.24, 2.45) is 7.05 Å². The largest absolute Gasteiger partial charge is 0.465 e. The molecule has 3 aromatic rings. The molecule has 134 valence electrons. The molecule has 1 aliphatic carbocycles. The van der Waals surface area contributed by atoms with Gasteiger partial charge in [0.15, 0.2) is 0 Å². The number of ether oxygens (including phenoxy) is 1. The number of nitrogens with one attached hydrogen (secondary N) is 1. The number of aryl methyl sites for hydroxylation is 2. The number of hydrogen-bond donors (Lipinski definition) is 1. The van der Waals surface area contributed by atoms with Crippen molar-refractivity contribution in [2.75, 3.05) is 12.4 Å². The molecular weight excluding hydrogens is 350 g/mol. The Kier molecular flexibility index (Phi) is 4.24. The number of hydrogen-bond acceptors (Lipinski definition) is 6. The van der Waals surface area contributed by atoms with Crippen molar-refractivity contribution in [2.45, 2.75) is 25.7 Å². The minimum Gasteiger partial charge on any atom is -0.465 e. The quantitative estimate of drug-likeness (QED) is 0.716. The highest BCUT2D eigenvalue weighted by molar-refractivity contribution is 7.18. The number of anilines is 2. The molecule has 0 unspecified atom stereocenters. The number of aromatic nitrogens is 2. The molecule has 7 heteroatoms. The third-order valence-corrected chi connectivity index (χ3v) is 5.94. The number of carbonyl (C=O) groups is 1. The number of fused-ring (bicyclic) bond motifs is 3. The van der Waals surface area contributed by atoms with E-state index in [2.05, 4.69) is 10.3 Å². The van der Waals surface area contributed by atoms with E-state index in [1.165, 1.54) is 24.0 Å². The molecular formula is C19H19N3O3S. The van der Waals surface area contributed by atoms with Gasteiger partial charge in [-0.1, -0.05) is 0 Å². The van der Waals surface area contributed by atoms with Gasteiger partial charge >= 0.3 is 5.97 Å². The van der Waals surface area contributed by atoms with E-state index in [0.717, 1.165) is 35.2 Å². The Balaban J connectivity index is 1.72. The SMILES string of the molecule is COC(=O)c1ccc(Nc2nc3sc4c(c3c(=O)n2C)CCCC4)cc1. The van der Waals surface area contributed by atoms with Crippen LogP contribution < -0.4 is 10.9 Å². The van der Waals surface area contributed by atoms with Crippen LogP contribution in [0.2, 0.25) is 0 Å². The molecule has 0 bridgehead atoms. The molecule has 0 spiro atoms. The van der Waals surface area contributed by atoms with Crippen LogP contribution in [0, 0.1) is 0 Å². The summed E-state index contributed by atoms with van der Waals surface area (Å²) >= 11 is 1.63. The summed E-state index contributed by atoms with van der Waals surface area (Å²) in [5.41, 5.74) is 2.41. The zero-order chi connectivity index (χ0) is 18.3. The van der Waals surface area contributed by atoms with Crippen LogP contribution in [0.4, 0.5) is 11.6 Å². The lowest BCUT2D eigenvalue weighted by atomic mass is 9.97. The smallest absolute Gasteiger partial charge is 0.337 e. The van der Waals surface area contributed by atoms with Gasteiger partial charge in [0.25, 0.3) is 5.56 Å². The molecule has 0 radical (unpaired) electrons. The molecule has 0 aliphatic heterocycles. The first-order chi connectivity index (χ1) is 12.6. The van der Waals surface area contributed by atoms with Crippen molar-refractivity contribution in [1.29, 1.82) is 0 Å². The maximum absolute atomic E-state index is 12.9. The van der Waals surface area contributed by atoms with E-state index in [1.807, 2.05) is 0 Å². The van der Waals surface area contributed by atoms with Crippen LogP contribution in [0.5, 0.6) is 0 Å². The van der Waals surface area contributed by atoms with Gasteiger partial charge in [-0.15, -0.1) is 11.3 Å². The highest BCUT2D eigenvalue weighted by Gasteiger charge is 2.21. The van der Waals surface area contributed by atoms with Crippen LogP contribution in [-0.2, 0) is 24.6 Å². The second-order valence-corrected chi connectivity index (χ2v) is 7.47. The zero-order valence-corrected chi connectivity index (χ0v) is 15.5. The molecule has 0 fully saturated rings. The Morgan fingerprint density at radius 3 is 2.69 bits per heavy atom. The number of benzene rings is 1. The van der Waals surface area contributed by atoms with Gasteiger partial charge < -0.3 is 10.1 Å². The second-order valence-electron chi connectivity index (χ2n) is 6.38. The Hall–Kier alpha value is -2.67. The molecule has 0 amide bonds. The van der Waals surface area contributed by atoms with Gasteiger partial charge in [0.1, 0.15) is 4.83 Å². The van der Waals surface area contributed by atoms with E-state index in [-0.39, 0.29) is 11.5 Å². The summed E-state index contributed by atoms with van der Waals surface area (Å²) in [6.07, 6.45) is 4.32. The summed E-state index contributed by atoms with van der Waals surface area (Å²) in [6, 6.07) is 6.88. The third kappa shape index (κ3) is 2.78. The number of thiophene rings is 1. The molecule has 0 saturated carbocycles. The second kappa shape index (κ2) is 6.57. The van der Waals surface area contributed by atoms with Crippen LogP contribution in [0.1, 0.15) is 33.6 Å². The van der Waals surface area contributed by atoms with Gasteiger partial charge in [-0.25, -0.2) is 9.78 Å². The number of carbonyl (C=O) groups excluding carboxylic acids is 1. The van der Waals surface area contributed by atoms with Crippen molar-refractivity contribution >= 4 is 39.2 Å². The predicted octanol–water partition coefficient (Wildman–Crippen LogP) is 3.40. The monoisotopic (exact) mass is 369 g/mol. The van der Waals surface area contributed by atoms with E-state index >= 15 is 0 Å². The minimum absolute atomic E-state index is 0.0110. The summed E-state index contributed by atoms with van der Waals surface area (Å²) < 4.78 is 6.26. The van der Waals surface area contributed by atoms with Gasteiger partial charge in [0.05, 0.1) is 18.1 Å². The van der Waals surface area contributed by atoms with Gasteiger partial charge in [0, 0.05) is 17.6 Å². The molecule has 26 heavy (non-hydrogen) atoms. The fourth-order valence-corrected chi connectivity index (χ4v) is 4.59. The fourth-order valence-electron chi connectivity index (χ4n) is 3.33. The lowest BCUT2D eigenvalue weighted by Gasteiger charge is -2.12. The van der Waals surface area contributed by atoms with Gasteiger partial charge in [-0.2, -0.15) is 0 Å². The zero-order valence-electron chi connectivity index (χ0n) is 14.7. The predicted molar refractivity (Wildman–Crippen MR) is 103 cm³/mol. The first-order valence-electron chi connectivity index (χ1n) is 8.55. The van der Waals surface area contributed by atoms with E-state index in [4.69, 9.17) is 4.74 Å². The van der Waals surface area contributed by atoms with Crippen LogP contribution >= 0.6 is 11.3 Å². The Bertz CT molecular complexity index is 1050. The van der Waals surface area contributed by atoms with E-state index in [0.29, 0.717) is 11.5 Å². The lowest BCUT2D eigenvalue weighted by molar-refractivity contribution is 0.0601. The lowest BCUT2D eigenvalue weighted by Crippen LogP contribution is -2.21. The molecule has 1 N–H and O–H groups in total. The molecule has 1 aromatic carbocycles. The van der Waals surface area contributed by atoms with Crippen molar-refractivity contribution in [3.63, 3.8) is 0 Å². The Morgan fingerprint density at radius 1 is 1.23 bits per heavy atom. The van der Waals surface area contributed by atoms with Crippen LogP contribution in [0.25, 0.3) is 10.2 Å². The van der Waals surface area contributed by atoms with E-state index in [1.54, 1.807) is 47.2 Å².